The van der Waals surface area contributed by atoms with E-state index in [1.165, 1.54) is 24.9 Å². The van der Waals surface area contributed by atoms with E-state index in [4.69, 9.17) is 28.2 Å². The first-order valence-electron chi connectivity index (χ1n) is 10.1. The monoisotopic (exact) mass is 414 g/mol. The van der Waals surface area contributed by atoms with E-state index in [0.717, 1.165) is 43.0 Å². The van der Waals surface area contributed by atoms with Crippen molar-refractivity contribution in [3.8, 4) is 0 Å². The zero-order valence-corrected chi connectivity index (χ0v) is 17.3. The number of aromatic nitrogens is 2. The van der Waals surface area contributed by atoms with Crippen LogP contribution in [0.25, 0.3) is 11.0 Å². The minimum Gasteiger partial charge on any atom is -0.369 e. The Morgan fingerprint density at radius 2 is 1.75 bits per heavy atom. The number of benzene rings is 2. The summed E-state index contributed by atoms with van der Waals surface area (Å²) in [5, 5.41) is 1.25. The second-order valence-corrected chi connectivity index (χ2v) is 8.74. The van der Waals surface area contributed by atoms with Crippen molar-refractivity contribution in [3.63, 3.8) is 0 Å². The molecule has 0 spiro atoms. The van der Waals surface area contributed by atoms with Gasteiger partial charge in [0.15, 0.2) is 0 Å². The van der Waals surface area contributed by atoms with E-state index >= 15 is 0 Å². The molecular weight excluding hydrogens is 391 g/mol. The summed E-state index contributed by atoms with van der Waals surface area (Å²) in [6.45, 7) is 4.25. The van der Waals surface area contributed by atoms with Crippen LogP contribution in [-0.2, 0) is 0 Å². The predicted molar refractivity (Wildman–Crippen MR) is 117 cm³/mol. The summed E-state index contributed by atoms with van der Waals surface area (Å²) in [5.41, 5.74) is 3.40. The van der Waals surface area contributed by atoms with Crippen molar-refractivity contribution in [1.29, 1.82) is 0 Å². The van der Waals surface area contributed by atoms with Gasteiger partial charge in [0.25, 0.3) is 0 Å². The highest BCUT2D eigenvalue weighted by Gasteiger charge is 2.33. The number of halogens is 2. The molecule has 1 N–H and O–H groups in total. The van der Waals surface area contributed by atoms with Crippen LogP contribution >= 0.6 is 23.2 Å². The van der Waals surface area contributed by atoms with Crippen LogP contribution in [0, 0.1) is 0 Å². The van der Waals surface area contributed by atoms with Crippen molar-refractivity contribution < 1.29 is 0 Å². The molecule has 1 saturated carbocycles. The first-order chi connectivity index (χ1) is 13.7. The molecule has 1 aliphatic carbocycles. The Balaban J connectivity index is 1.21. The largest absolute Gasteiger partial charge is 0.369 e. The van der Waals surface area contributed by atoms with Crippen LogP contribution in [-0.4, -0.2) is 47.1 Å². The van der Waals surface area contributed by atoms with Gasteiger partial charge in [-0.05, 0) is 49.6 Å². The first-order valence-corrected chi connectivity index (χ1v) is 10.8. The van der Waals surface area contributed by atoms with Crippen molar-refractivity contribution in [2.45, 2.75) is 31.2 Å². The lowest BCUT2D eigenvalue weighted by Crippen LogP contribution is -2.49. The van der Waals surface area contributed by atoms with Gasteiger partial charge in [-0.1, -0.05) is 35.3 Å². The molecule has 3 aromatic rings. The van der Waals surface area contributed by atoms with Crippen LogP contribution in [0.15, 0.2) is 42.5 Å². The zero-order valence-electron chi connectivity index (χ0n) is 15.7. The lowest BCUT2D eigenvalue weighted by atomic mass is 10.1. The molecule has 6 heteroatoms. The summed E-state index contributed by atoms with van der Waals surface area (Å²) < 4.78 is 0. The lowest BCUT2D eigenvalue weighted by Gasteiger charge is -2.39. The highest BCUT2D eigenvalue weighted by Crippen LogP contribution is 2.37. The van der Waals surface area contributed by atoms with Crippen molar-refractivity contribution in [1.82, 2.24) is 14.9 Å². The summed E-state index contributed by atoms with van der Waals surface area (Å²) >= 11 is 12.2. The fraction of sp³-hybridized carbons (Fsp3) is 0.409. The number of rotatable bonds is 3. The van der Waals surface area contributed by atoms with Gasteiger partial charge in [0.1, 0.15) is 5.82 Å². The number of anilines is 1. The minimum absolute atomic E-state index is 0.547. The van der Waals surface area contributed by atoms with Crippen molar-refractivity contribution in [2.24, 2.45) is 0 Å². The van der Waals surface area contributed by atoms with Crippen molar-refractivity contribution >= 4 is 39.9 Å². The highest BCUT2D eigenvalue weighted by molar-refractivity contribution is 6.42. The van der Waals surface area contributed by atoms with Gasteiger partial charge >= 0.3 is 0 Å². The molecule has 4 nitrogen and oxygen atoms in total. The number of para-hydroxylation sites is 2. The summed E-state index contributed by atoms with van der Waals surface area (Å²) in [4.78, 5) is 13.4. The van der Waals surface area contributed by atoms with Crippen LogP contribution < -0.4 is 4.90 Å². The Morgan fingerprint density at radius 3 is 2.54 bits per heavy atom. The Hall–Kier alpha value is -1.75. The third kappa shape index (κ3) is 3.49. The molecule has 28 heavy (non-hydrogen) atoms. The average Bonchev–Trinajstić information content (AvgIpc) is 3.37. The number of nitrogens with zero attached hydrogens (tertiary/aromatic N) is 3. The number of hydrogen-bond acceptors (Lipinski definition) is 3. The third-order valence-corrected chi connectivity index (χ3v) is 7.04. The Kier molecular flexibility index (Phi) is 4.95. The maximum Gasteiger partial charge on any atom is 0.110 e. The number of imidazole rings is 1. The molecule has 0 amide bonds. The van der Waals surface area contributed by atoms with Crippen molar-refractivity contribution in [2.75, 3.05) is 31.1 Å². The number of aromatic amines is 1. The van der Waals surface area contributed by atoms with Crippen LogP contribution in [0.5, 0.6) is 0 Å². The lowest BCUT2D eigenvalue weighted by molar-refractivity contribution is 0.186. The molecule has 1 saturated heterocycles. The maximum atomic E-state index is 6.19. The van der Waals surface area contributed by atoms with Gasteiger partial charge in [-0.2, -0.15) is 0 Å². The van der Waals surface area contributed by atoms with Gasteiger partial charge in [-0.25, -0.2) is 4.98 Å². The first kappa shape index (κ1) is 18.3. The Morgan fingerprint density at radius 1 is 0.929 bits per heavy atom. The van der Waals surface area contributed by atoms with E-state index in [1.54, 1.807) is 0 Å². The number of hydrogen-bond donors (Lipinski definition) is 1. The van der Waals surface area contributed by atoms with E-state index < -0.39 is 0 Å². The van der Waals surface area contributed by atoms with Crippen LogP contribution in [0.3, 0.4) is 0 Å². The molecule has 146 valence electrons. The van der Waals surface area contributed by atoms with Gasteiger partial charge in [0.2, 0.25) is 0 Å². The molecule has 0 radical (unpaired) electrons. The predicted octanol–water partition coefficient (Wildman–Crippen LogP) is 5.33. The Labute approximate surface area is 175 Å². The molecule has 2 aromatic carbocycles. The third-order valence-electron chi connectivity index (χ3n) is 6.30. The second kappa shape index (κ2) is 7.58. The molecule has 2 unspecified atom stereocenters. The van der Waals surface area contributed by atoms with E-state index in [1.807, 2.05) is 12.1 Å². The molecule has 2 heterocycles. The van der Waals surface area contributed by atoms with E-state index in [2.05, 4.69) is 45.1 Å². The van der Waals surface area contributed by atoms with Crippen LogP contribution in [0.4, 0.5) is 5.69 Å². The second-order valence-electron chi connectivity index (χ2n) is 7.92. The summed E-state index contributed by atoms with van der Waals surface area (Å²) in [5.74, 6) is 1.71. The molecule has 2 aliphatic rings. The van der Waals surface area contributed by atoms with Crippen LogP contribution in [0.1, 0.15) is 31.0 Å². The fourth-order valence-electron chi connectivity index (χ4n) is 4.73. The quantitative estimate of drug-likeness (QED) is 0.628. The zero-order chi connectivity index (χ0) is 19.1. The molecule has 2 fully saturated rings. The molecular formula is C22H24Cl2N4. The molecule has 5 rings (SSSR count). The summed E-state index contributed by atoms with van der Waals surface area (Å²) in [6, 6.07) is 14.9. The SMILES string of the molecule is Clc1ccc(N2CCN(C3CCC(c4nc5ccccc5[nH]4)C3)CC2)cc1Cl. The van der Waals surface area contributed by atoms with Crippen molar-refractivity contribution in [3.05, 3.63) is 58.3 Å². The van der Waals surface area contributed by atoms with Gasteiger partial charge in [0.05, 0.1) is 21.1 Å². The Bertz CT molecular complexity index is 945. The molecule has 2 atom stereocenters. The van der Waals surface area contributed by atoms with Gasteiger partial charge in [-0.15, -0.1) is 0 Å². The molecule has 1 aromatic heterocycles. The molecule has 1 aliphatic heterocycles. The van der Waals surface area contributed by atoms with E-state index in [9.17, 15) is 0 Å². The van der Waals surface area contributed by atoms with E-state index in [0.29, 0.717) is 22.0 Å². The number of fused-ring (bicyclic) bond motifs is 1. The average molecular weight is 415 g/mol. The number of H-pyrrole nitrogens is 1. The maximum absolute atomic E-state index is 6.19. The minimum atomic E-state index is 0.547. The standard InChI is InChI=1S/C22H24Cl2N4/c23-18-8-7-17(14-19(18)24)28-11-9-27(10-12-28)16-6-5-15(13-16)22-25-20-3-1-2-4-21(20)26-22/h1-4,7-8,14-16H,5-6,9-13H2,(H,25,26). The van der Waals surface area contributed by atoms with Gasteiger partial charge in [0, 0.05) is 43.8 Å². The molecule has 0 bridgehead atoms. The van der Waals surface area contributed by atoms with E-state index in [-0.39, 0.29) is 0 Å². The summed E-state index contributed by atoms with van der Waals surface area (Å²) in [7, 11) is 0. The fourth-order valence-corrected chi connectivity index (χ4v) is 5.02. The number of piperazine rings is 1. The van der Waals surface area contributed by atoms with Crippen LogP contribution in [0.2, 0.25) is 10.0 Å². The summed E-state index contributed by atoms with van der Waals surface area (Å²) in [6.07, 6.45) is 3.68. The van der Waals surface area contributed by atoms with Gasteiger partial charge in [-0.3, -0.25) is 4.90 Å². The normalized spacial score (nSPS) is 23.6. The van der Waals surface area contributed by atoms with Gasteiger partial charge < -0.3 is 9.88 Å². The highest BCUT2D eigenvalue weighted by atomic mass is 35.5. The smallest absolute Gasteiger partial charge is 0.110 e. The topological polar surface area (TPSA) is 35.2 Å². The number of nitrogens with one attached hydrogen (secondary N) is 1.